The van der Waals surface area contributed by atoms with Gasteiger partial charge in [-0.25, -0.2) is 0 Å². The Morgan fingerprint density at radius 1 is 1.11 bits per heavy atom. The minimum absolute atomic E-state index is 0.0425. The SMILES string of the molecule is C[C@@]12C(=CC(=O)C=C1OS(=O)(=O)C(=O)c1ccccc1)CC[C@@H]1[C@@H]2[C@@H](O)C[C@@]2(C)[C@H]1CC[C@]2(O)C(=O)CO. The zero-order valence-corrected chi connectivity index (χ0v) is 22.1. The van der Waals surface area contributed by atoms with E-state index in [1.807, 2.05) is 0 Å². The molecule has 3 N–H and O–H groups in total. The lowest BCUT2D eigenvalue weighted by Crippen LogP contribution is -2.62. The molecule has 204 valence electrons. The van der Waals surface area contributed by atoms with Gasteiger partial charge in [-0.1, -0.05) is 42.8 Å². The highest BCUT2D eigenvalue weighted by Crippen LogP contribution is 2.68. The van der Waals surface area contributed by atoms with Crippen LogP contribution in [-0.4, -0.2) is 58.7 Å². The van der Waals surface area contributed by atoms with Crippen LogP contribution in [-0.2, 0) is 23.9 Å². The molecule has 0 spiro atoms. The summed E-state index contributed by atoms with van der Waals surface area (Å²) < 4.78 is 31.6. The van der Waals surface area contributed by atoms with Crippen molar-refractivity contribution >= 4 is 26.8 Å². The Morgan fingerprint density at radius 3 is 2.45 bits per heavy atom. The van der Waals surface area contributed by atoms with Gasteiger partial charge in [0.25, 0.3) is 0 Å². The first-order valence-corrected chi connectivity index (χ1v) is 14.3. The summed E-state index contributed by atoms with van der Waals surface area (Å²) in [6.45, 7) is 2.69. The maximum atomic E-state index is 13.1. The predicted octanol–water partition coefficient (Wildman–Crippen LogP) is 2.07. The molecular weight excluding hydrogens is 512 g/mol. The molecule has 3 saturated carbocycles. The molecule has 5 rings (SSSR count). The van der Waals surface area contributed by atoms with Gasteiger partial charge in [-0.3, -0.25) is 14.4 Å². The van der Waals surface area contributed by atoms with Crippen molar-refractivity contribution in [1.29, 1.82) is 0 Å². The van der Waals surface area contributed by atoms with E-state index >= 15 is 0 Å². The molecule has 9 nitrogen and oxygen atoms in total. The standard InChI is InChI=1S/C28H32O9S/c1-26-14-21(31)24-19(20(26)10-11-28(26,34)22(32)15-29)9-8-17-12-18(30)13-23(27(17,24)2)37-38(35,36)25(33)16-6-4-3-5-7-16/h3-7,12-13,19-21,24,29,31,34H,8-11,14-15H2,1-2H3/t19-,20-,21-,24+,26-,27+,28-/m0/s1. The number of hydrogen-bond donors (Lipinski definition) is 3. The van der Waals surface area contributed by atoms with Crippen molar-refractivity contribution in [2.75, 3.05) is 6.61 Å². The van der Waals surface area contributed by atoms with E-state index in [1.54, 1.807) is 19.9 Å². The van der Waals surface area contributed by atoms with Crippen molar-refractivity contribution in [2.45, 2.75) is 57.7 Å². The molecule has 38 heavy (non-hydrogen) atoms. The summed E-state index contributed by atoms with van der Waals surface area (Å²) in [4.78, 5) is 38.0. The summed E-state index contributed by atoms with van der Waals surface area (Å²) in [6, 6.07) is 7.41. The number of allylic oxidation sites excluding steroid dienone is 3. The van der Waals surface area contributed by atoms with E-state index in [0.717, 1.165) is 6.08 Å². The first-order valence-electron chi connectivity index (χ1n) is 12.9. The molecule has 4 aliphatic rings. The van der Waals surface area contributed by atoms with Gasteiger partial charge in [0.05, 0.1) is 11.5 Å². The van der Waals surface area contributed by atoms with E-state index in [-0.39, 0.29) is 36.0 Å². The molecule has 7 atom stereocenters. The first kappa shape index (κ1) is 26.9. The molecule has 0 aliphatic heterocycles. The molecule has 10 heteroatoms. The zero-order chi connectivity index (χ0) is 27.7. The van der Waals surface area contributed by atoms with E-state index < -0.39 is 61.9 Å². The number of hydrogen-bond acceptors (Lipinski definition) is 9. The number of rotatable bonds is 5. The first-order chi connectivity index (χ1) is 17.8. The number of carbonyl (C=O) groups is 3. The van der Waals surface area contributed by atoms with Crippen molar-refractivity contribution in [3.63, 3.8) is 0 Å². The molecule has 1 aromatic rings. The van der Waals surface area contributed by atoms with Crippen molar-refractivity contribution in [3.05, 3.63) is 59.4 Å². The van der Waals surface area contributed by atoms with Crippen LogP contribution in [0.3, 0.4) is 0 Å². The summed E-state index contributed by atoms with van der Waals surface area (Å²) >= 11 is 0. The second-order valence-corrected chi connectivity index (χ2v) is 12.9. The lowest BCUT2D eigenvalue weighted by atomic mass is 9.46. The van der Waals surface area contributed by atoms with Crippen molar-refractivity contribution < 1.29 is 42.3 Å². The summed E-state index contributed by atoms with van der Waals surface area (Å²) in [5, 5.41) is 31.3. The van der Waals surface area contributed by atoms with Crippen LogP contribution in [0, 0.1) is 28.6 Å². The molecule has 3 fully saturated rings. The normalized spacial score (nSPS) is 38.3. The van der Waals surface area contributed by atoms with Crippen molar-refractivity contribution in [2.24, 2.45) is 28.6 Å². The lowest BCUT2D eigenvalue weighted by molar-refractivity contribution is -0.180. The van der Waals surface area contributed by atoms with Crippen molar-refractivity contribution in [1.82, 2.24) is 0 Å². The number of Topliss-reactive ketones (excluding diaryl/α,β-unsaturated/α-hetero) is 1. The topological polar surface area (TPSA) is 155 Å². The maximum absolute atomic E-state index is 13.1. The number of benzene rings is 1. The van der Waals surface area contributed by atoms with Gasteiger partial charge in [-0.05, 0) is 56.9 Å². The lowest BCUT2D eigenvalue weighted by Gasteiger charge is -2.60. The number of fused-ring (bicyclic) bond motifs is 5. The number of carbonyl (C=O) groups excluding carboxylic acids is 3. The van der Waals surface area contributed by atoms with Gasteiger partial charge in [0.15, 0.2) is 11.6 Å². The maximum Gasteiger partial charge on any atom is 0.378 e. The van der Waals surface area contributed by atoms with Crippen molar-refractivity contribution in [3.8, 4) is 0 Å². The molecule has 0 aromatic heterocycles. The fourth-order valence-corrected chi connectivity index (χ4v) is 8.94. The summed E-state index contributed by atoms with van der Waals surface area (Å²) in [7, 11) is -4.82. The molecule has 1 aromatic carbocycles. The van der Waals surface area contributed by atoms with Crippen LogP contribution in [0.4, 0.5) is 0 Å². The molecule has 4 aliphatic carbocycles. The van der Waals surface area contributed by atoms with Gasteiger partial charge in [-0.2, -0.15) is 8.42 Å². The molecular formula is C28H32O9S. The second-order valence-electron chi connectivity index (χ2n) is 11.5. The minimum atomic E-state index is -4.82. The quantitative estimate of drug-likeness (QED) is 0.472. The van der Waals surface area contributed by atoms with Crippen LogP contribution in [0.15, 0.2) is 53.8 Å². The average molecular weight is 545 g/mol. The Kier molecular flexibility index (Phi) is 6.34. The highest BCUT2D eigenvalue weighted by molar-refractivity contribution is 8.02. The molecule has 0 saturated heterocycles. The summed E-state index contributed by atoms with van der Waals surface area (Å²) in [5.41, 5.74) is -3.44. The monoisotopic (exact) mass is 544 g/mol. The minimum Gasteiger partial charge on any atom is -0.393 e. The molecule has 0 heterocycles. The van der Waals surface area contributed by atoms with Crippen LogP contribution in [0.2, 0.25) is 0 Å². The Morgan fingerprint density at radius 2 is 1.79 bits per heavy atom. The van der Waals surface area contributed by atoms with E-state index in [4.69, 9.17) is 4.18 Å². The van der Waals surface area contributed by atoms with Crippen LogP contribution in [0.5, 0.6) is 0 Å². The summed E-state index contributed by atoms with van der Waals surface area (Å²) in [5.74, 6) is -2.37. The Labute approximate surface area is 221 Å². The Balaban J connectivity index is 1.53. The van der Waals surface area contributed by atoms with E-state index in [2.05, 4.69) is 0 Å². The van der Waals surface area contributed by atoms with Crippen LogP contribution < -0.4 is 0 Å². The third-order valence-electron chi connectivity index (χ3n) is 9.83. The number of aliphatic hydroxyl groups is 3. The molecule has 0 unspecified atom stereocenters. The highest BCUT2D eigenvalue weighted by Gasteiger charge is 2.69. The Hall–Kier alpha value is -2.66. The van der Waals surface area contributed by atoms with E-state index in [9.17, 15) is 38.1 Å². The Bertz CT molecular complexity index is 1360. The van der Waals surface area contributed by atoms with E-state index in [0.29, 0.717) is 24.8 Å². The van der Waals surface area contributed by atoms with Gasteiger partial charge in [0, 0.05) is 23.0 Å². The van der Waals surface area contributed by atoms with Gasteiger partial charge in [0.2, 0.25) is 0 Å². The van der Waals surface area contributed by atoms with Crippen LogP contribution in [0.25, 0.3) is 0 Å². The summed E-state index contributed by atoms with van der Waals surface area (Å²) in [6.07, 6.45) is 3.09. The van der Waals surface area contributed by atoms with Crippen LogP contribution in [0.1, 0.15) is 56.3 Å². The third-order valence-corrected chi connectivity index (χ3v) is 10.9. The van der Waals surface area contributed by atoms with Crippen LogP contribution >= 0.6 is 0 Å². The zero-order valence-electron chi connectivity index (χ0n) is 21.3. The van der Waals surface area contributed by atoms with Gasteiger partial charge < -0.3 is 19.5 Å². The third kappa shape index (κ3) is 3.68. The average Bonchev–Trinajstić information content (AvgIpc) is 3.14. The van der Waals surface area contributed by atoms with Gasteiger partial charge in [0.1, 0.15) is 18.0 Å². The highest BCUT2D eigenvalue weighted by atomic mass is 32.2. The second kappa shape index (κ2) is 8.94. The number of aliphatic hydroxyl groups excluding tert-OH is 2. The predicted molar refractivity (Wildman–Crippen MR) is 135 cm³/mol. The smallest absolute Gasteiger partial charge is 0.378 e. The largest absolute Gasteiger partial charge is 0.393 e. The van der Waals surface area contributed by atoms with Gasteiger partial charge in [-0.15, -0.1) is 0 Å². The number of ketones is 2. The van der Waals surface area contributed by atoms with Gasteiger partial charge >= 0.3 is 15.2 Å². The molecule has 0 bridgehead atoms. The van der Waals surface area contributed by atoms with E-state index in [1.165, 1.54) is 30.3 Å². The molecule has 0 amide bonds. The molecule has 0 radical (unpaired) electrons. The fraction of sp³-hybridized carbons (Fsp3) is 0.536. The fourth-order valence-electron chi connectivity index (χ4n) is 7.98.